The fraction of sp³-hybridized carbons (Fsp3) is 0.700. The van der Waals surface area contributed by atoms with Crippen LogP contribution >= 0.6 is 0 Å². The molecule has 0 bridgehead atoms. The maximum absolute atomic E-state index is 5.59. The third-order valence-corrected chi connectivity index (χ3v) is 3.42. The van der Waals surface area contributed by atoms with E-state index in [2.05, 4.69) is 24.0 Å². The fourth-order valence-electron chi connectivity index (χ4n) is 2.02. The van der Waals surface area contributed by atoms with Crippen molar-refractivity contribution in [3.8, 4) is 0 Å². The molecule has 1 aliphatic rings. The first-order chi connectivity index (χ1) is 6.10. The van der Waals surface area contributed by atoms with Gasteiger partial charge in [-0.05, 0) is 18.8 Å². The van der Waals surface area contributed by atoms with E-state index in [-0.39, 0.29) is 5.41 Å². The summed E-state index contributed by atoms with van der Waals surface area (Å²) in [7, 11) is 0. The molecule has 2 rings (SSSR count). The molecule has 1 aromatic heterocycles. The Morgan fingerprint density at radius 2 is 2.23 bits per heavy atom. The SMILES string of the molecule is CC(C)(c1cc(N)n[nH]1)C1CCC1. The number of hydrogen-bond donors (Lipinski definition) is 2. The van der Waals surface area contributed by atoms with Gasteiger partial charge in [0.2, 0.25) is 0 Å². The highest BCUT2D eigenvalue weighted by Gasteiger charge is 2.36. The van der Waals surface area contributed by atoms with Crippen molar-refractivity contribution in [3.05, 3.63) is 11.8 Å². The Labute approximate surface area is 78.7 Å². The molecule has 0 aliphatic heterocycles. The van der Waals surface area contributed by atoms with Crippen molar-refractivity contribution in [2.45, 2.75) is 38.5 Å². The summed E-state index contributed by atoms with van der Waals surface area (Å²) >= 11 is 0. The molecule has 1 aromatic rings. The number of rotatable bonds is 2. The molecule has 1 saturated carbocycles. The summed E-state index contributed by atoms with van der Waals surface area (Å²) in [6.45, 7) is 4.54. The minimum absolute atomic E-state index is 0.211. The van der Waals surface area contributed by atoms with Crippen LogP contribution in [0.1, 0.15) is 38.8 Å². The van der Waals surface area contributed by atoms with Gasteiger partial charge in [-0.1, -0.05) is 20.3 Å². The molecule has 1 aliphatic carbocycles. The molecule has 0 unspecified atom stereocenters. The summed E-state index contributed by atoms with van der Waals surface area (Å²) in [5.41, 5.74) is 6.98. The van der Waals surface area contributed by atoms with Gasteiger partial charge in [0.25, 0.3) is 0 Å². The van der Waals surface area contributed by atoms with Gasteiger partial charge in [-0.3, -0.25) is 5.10 Å². The smallest absolute Gasteiger partial charge is 0.145 e. The van der Waals surface area contributed by atoms with Crippen LogP contribution in [-0.2, 0) is 5.41 Å². The third kappa shape index (κ3) is 1.32. The van der Waals surface area contributed by atoms with Crippen LogP contribution in [0.2, 0.25) is 0 Å². The maximum atomic E-state index is 5.59. The Morgan fingerprint density at radius 1 is 1.54 bits per heavy atom. The minimum Gasteiger partial charge on any atom is -0.382 e. The highest BCUT2D eigenvalue weighted by atomic mass is 15.2. The van der Waals surface area contributed by atoms with Gasteiger partial charge in [-0.25, -0.2) is 0 Å². The lowest BCUT2D eigenvalue weighted by molar-refractivity contribution is 0.190. The number of nitrogens with zero attached hydrogens (tertiary/aromatic N) is 1. The van der Waals surface area contributed by atoms with E-state index in [1.807, 2.05) is 6.07 Å². The summed E-state index contributed by atoms with van der Waals surface area (Å²) in [4.78, 5) is 0. The van der Waals surface area contributed by atoms with E-state index < -0.39 is 0 Å². The highest BCUT2D eigenvalue weighted by Crippen LogP contribution is 2.43. The first-order valence-corrected chi connectivity index (χ1v) is 4.92. The third-order valence-electron chi connectivity index (χ3n) is 3.42. The van der Waals surface area contributed by atoms with Crippen molar-refractivity contribution < 1.29 is 0 Å². The Hall–Kier alpha value is -0.990. The largest absolute Gasteiger partial charge is 0.382 e. The molecule has 0 aromatic carbocycles. The average molecular weight is 179 g/mol. The van der Waals surface area contributed by atoms with Gasteiger partial charge in [0.05, 0.1) is 0 Å². The van der Waals surface area contributed by atoms with Gasteiger partial charge in [-0.2, -0.15) is 5.10 Å². The van der Waals surface area contributed by atoms with Gasteiger partial charge in [0.1, 0.15) is 5.82 Å². The van der Waals surface area contributed by atoms with E-state index in [1.165, 1.54) is 25.0 Å². The zero-order valence-electron chi connectivity index (χ0n) is 8.30. The second-order valence-corrected chi connectivity index (χ2v) is 4.56. The van der Waals surface area contributed by atoms with Crippen LogP contribution < -0.4 is 5.73 Å². The average Bonchev–Trinajstić information content (AvgIpc) is 2.30. The van der Waals surface area contributed by atoms with Gasteiger partial charge in [0.15, 0.2) is 0 Å². The number of aromatic amines is 1. The van der Waals surface area contributed by atoms with E-state index in [0.29, 0.717) is 5.82 Å². The van der Waals surface area contributed by atoms with E-state index in [0.717, 1.165) is 5.92 Å². The molecule has 0 radical (unpaired) electrons. The van der Waals surface area contributed by atoms with Crippen molar-refractivity contribution in [1.29, 1.82) is 0 Å². The number of aromatic nitrogens is 2. The fourth-order valence-corrected chi connectivity index (χ4v) is 2.02. The number of hydrogen-bond acceptors (Lipinski definition) is 2. The molecule has 3 N–H and O–H groups in total. The van der Waals surface area contributed by atoms with Crippen LogP contribution in [0.3, 0.4) is 0 Å². The molecule has 0 amide bonds. The standard InChI is InChI=1S/C10H17N3/c1-10(2,7-4-3-5-7)8-6-9(11)13-12-8/h6-7H,3-5H2,1-2H3,(H3,11,12,13). The number of nitrogens with one attached hydrogen (secondary N) is 1. The van der Waals surface area contributed by atoms with Gasteiger partial charge >= 0.3 is 0 Å². The molecule has 1 heterocycles. The van der Waals surface area contributed by atoms with Crippen LogP contribution in [0.4, 0.5) is 5.82 Å². The van der Waals surface area contributed by atoms with E-state index in [4.69, 9.17) is 5.73 Å². The first kappa shape index (κ1) is 8.60. The number of H-pyrrole nitrogens is 1. The van der Waals surface area contributed by atoms with Gasteiger partial charge in [-0.15, -0.1) is 0 Å². The zero-order chi connectivity index (χ0) is 9.47. The van der Waals surface area contributed by atoms with Crippen molar-refractivity contribution in [1.82, 2.24) is 10.2 Å². The summed E-state index contributed by atoms with van der Waals surface area (Å²) in [5.74, 6) is 1.40. The molecule has 1 fully saturated rings. The molecule has 72 valence electrons. The summed E-state index contributed by atoms with van der Waals surface area (Å²) < 4.78 is 0. The van der Waals surface area contributed by atoms with E-state index >= 15 is 0 Å². The Kier molecular flexibility index (Phi) is 1.82. The topological polar surface area (TPSA) is 54.7 Å². The van der Waals surface area contributed by atoms with Crippen LogP contribution in [0.25, 0.3) is 0 Å². The van der Waals surface area contributed by atoms with Crippen LogP contribution in [0.5, 0.6) is 0 Å². The molecule has 0 spiro atoms. The Morgan fingerprint density at radius 3 is 2.62 bits per heavy atom. The van der Waals surface area contributed by atoms with E-state index in [9.17, 15) is 0 Å². The molecule has 0 saturated heterocycles. The maximum Gasteiger partial charge on any atom is 0.145 e. The monoisotopic (exact) mass is 179 g/mol. The van der Waals surface area contributed by atoms with Crippen LogP contribution in [-0.4, -0.2) is 10.2 Å². The lowest BCUT2D eigenvalue weighted by Gasteiger charge is -2.39. The predicted molar refractivity (Wildman–Crippen MR) is 53.4 cm³/mol. The molecule has 0 atom stereocenters. The summed E-state index contributed by atoms with van der Waals surface area (Å²) in [5, 5.41) is 7.00. The second-order valence-electron chi connectivity index (χ2n) is 4.56. The lowest BCUT2D eigenvalue weighted by Crippen LogP contribution is -2.33. The van der Waals surface area contributed by atoms with Crippen molar-refractivity contribution in [2.24, 2.45) is 5.92 Å². The minimum atomic E-state index is 0.211. The molecule has 3 nitrogen and oxygen atoms in total. The lowest BCUT2D eigenvalue weighted by atomic mass is 9.66. The Balaban J connectivity index is 2.22. The number of anilines is 1. The van der Waals surface area contributed by atoms with Crippen molar-refractivity contribution in [3.63, 3.8) is 0 Å². The first-order valence-electron chi connectivity index (χ1n) is 4.92. The van der Waals surface area contributed by atoms with Gasteiger partial charge in [0, 0.05) is 17.2 Å². The van der Waals surface area contributed by atoms with E-state index in [1.54, 1.807) is 0 Å². The predicted octanol–water partition coefficient (Wildman–Crippen LogP) is 2.07. The summed E-state index contributed by atoms with van der Waals surface area (Å²) in [6.07, 6.45) is 4.05. The number of nitrogen functional groups attached to an aromatic ring is 1. The molecule has 13 heavy (non-hydrogen) atoms. The molecular formula is C10H17N3. The van der Waals surface area contributed by atoms with Crippen molar-refractivity contribution in [2.75, 3.05) is 5.73 Å². The summed E-state index contributed by atoms with van der Waals surface area (Å²) in [6, 6.07) is 1.96. The van der Waals surface area contributed by atoms with Crippen LogP contribution in [0, 0.1) is 5.92 Å². The quantitative estimate of drug-likeness (QED) is 0.730. The zero-order valence-corrected chi connectivity index (χ0v) is 8.30. The van der Waals surface area contributed by atoms with Crippen LogP contribution in [0.15, 0.2) is 6.07 Å². The normalized spacial score (nSPS) is 18.6. The van der Waals surface area contributed by atoms with Crippen molar-refractivity contribution >= 4 is 5.82 Å². The Bertz CT molecular complexity index is 297. The van der Waals surface area contributed by atoms with Gasteiger partial charge < -0.3 is 5.73 Å². The molecule has 3 heteroatoms. The second kappa shape index (κ2) is 2.76. The highest BCUT2D eigenvalue weighted by molar-refractivity contribution is 5.32. The molecular weight excluding hydrogens is 162 g/mol. The number of nitrogens with two attached hydrogens (primary N) is 1.